The highest BCUT2D eigenvalue weighted by Crippen LogP contribution is 2.31. The Kier molecular flexibility index (Phi) is 6.33. The van der Waals surface area contributed by atoms with Crippen LogP contribution in [0.3, 0.4) is 0 Å². The average Bonchev–Trinajstić information content (AvgIpc) is 2.96. The van der Waals surface area contributed by atoms with Gasteiger partial charge in [-0.1, -0.05) is 44.0 Å². The third-order valence-electron chi connectivity index (χ3n) is 4.60. The molecule has 1 fully saturated rings. The molecule has 3 atom stereocenters. The lowest BCUT2D eigenvalue weighted by atomic mass is 10.1. The van der Waals surface area contributed by atoms with Crippen molar-refractivity contribution in [2.75, 3.05) is 13.7 Å². The fourth-order valence-electron chi connectivity index (χ4n) is 3.19. The average molecular weight is 462 g/mol. The molecule has 0 aromatic heterocycles. The van der Waals surface area contributed by atoms with E-state index >= 15 is 0 Å². The predicted molar refractivity (Wildman–Crippen MR) is 97.0 cm³/mol. The van der Waals surface area contributed by atoms with Crippen molar-refractivity contribution in [2.24, 2.45) is 0 Å². The van der Waals surface area contributed by atoms with Gasteiger partial charge in [-0.25, -0.2) is 4.79 Å². The third kappa shape index (κ3) is 3.63. The topological polar surface area (TPSA) is 60.4 Å². The normalized spacial score (nSPS) is 24.4. The summed E-state index contributed by atoms with van der Waals surface area (Å²) in [6, 6.07) is 6.83. The maximum Gasteiger partial charge on any atom is 0.523 e. The number of halogens is 2. The number of quaternary nitrogens is 1. The van der Waals surface area contributed by atoms with Crippen molar-refractivity contribution in [3.8, 4) is 0 Å². The zero-order chi connectivity index (χ0) is 17.9. The predicted octanol–water partition coefficient (Wildman–Crippen LogP) is 4.08. The number of methoxy groups -OCH3 is 1. The molecule has 1 aliphatic heterocycles. The zero-order valence-electron chi connectivity index (χ0n) is 13.6. The van der Waals surface area contributed by atoms with Gasteiger partial charge in [0.15, 0.2) is 5.78 Å². The summed E-state index contributed by atoms with van der Waals surface area (Å²) in [6.07, 6.45) is 0.985. The van der Waals surface area contributed by atoms with Crippen molar-refractivity contribution in [3.63, 3.8) is 0 Å². The maximum absolute atomic E-state index is 12.9. The Bertz CT molecular complexity index is 646. The highest BCUT2D eigenvalue weighted by atomic mass is 79.9. The molecule has 2 rings (SSSR count). The minimum absolute atomic E-state index is 0.0473. The summed E-state index contributed by atoms with van der Waals surface area (Å²) in [5.41, 5.74) is 0.520. The summed E-state index contributed by atoms with van der Waals surface area (Å²) in [5, 5.41) is 0. The van der Waals surface area contributed by atoms with Crippen molar-refractivity contribution in [3.05, 3.63) is 34.3 Å². The van der Waals surface area contributed by atoms with Gasteiger partial charge in [0.1, 0.15) is 6.04 Å². The van der Waals surface area contributed by atoms with Crippen LogP contribution in [-0.4, -0.2) is 46.8 Å². The first-order valence-electron chi connectivity index (χ1n) is 7.76. The van der Waals surface area contributed by atoms with Crippen LogP contribution in [-0.2, 0) is 9.53 Å². The van der Waals surface area contributed by atoms with E-state index in [1.165, 1.54) is 7.11 Å². The smallest absolute Gasteiger partial charge is 0.423 e. The van der Waals surface area contributed by atoms with Crippen LogP contribution in [0.1, 0.15) is 36.5 Å². The first-order chi connectivity index (χ1) is 11.3. The first kappa shape index (κ1) is 19.3. The van der Waals surface area contributed by atoms with Crippen LogP contribution in [0.2, 0.25) is 0 Å². The number of hydrogen-bond acceptors (Lipinski definition) is 4. The van der Waals surface area contributed by atoms with Gasteiger partial charge in [0.25, 0.3) is 0 Å². The van der Waals surface area contributed by atoms with Crippen LogP contribution in [0, 0.1) is 0 Å². The number of likely N-dealkylation sites (tertiary alicyclic amines) is 1. The molecule has 1 aromatic carbocycles. The van der Waals surface area contributed by atoms with Gasteiger partial charge < -0.3 is 4.74 Å². The molecule has 0 radical (unpaired) electrons. The molecule has 1 saturated heterocycles. The molecule has 0 N–H and O–H groups in total. The molecule has 130 valence electrons. The molecule has 7 heteroatoms. The number of rotatable bonds is 4. The fourth-order valence-corrected chi connectivity index (χ4v) is 3.99. The molecule has 0 bridgehead atoms. The van der Waals surface area contributed by atoms with Crippen LogP contribution < -0.4 is 0 Å². The summed E-state index contributed by atoms with van der Waals surface area (Å²) in [4.78, 5) is 37.0. The van der Waals surface area contributed by atoms with E-state index in [0.29, 0.717) is 12.1 Å². The van der Waals surface area contributed by atoms with E-state index in [0.717, 1.165) is 17.3 Å². The number of alkyl halides is 1. The monoisotopic (exact) mass is 460 g/mol. The number of nitrogens with zero attached hydrogens (tertiary/aromatic N) is 1. The number of Topliss-reactive ketones (excluding diaryl/α,β-unsaturated/α-hetero) is 1. The van der Waals surface area contributed by atoms with E-state index in [-0.39, 0.29) is 28.6 Å². The fraction of sp³-hybridized carbons (Fsp3) is 0.471. The number of benzene rings is 1. The van der Waals surface area contributed by atoms with E-state index in [4.69, 9.17) is 4.74 Å². The van der Waals surface area contributed by atoms with E-state index < -0.39 is 10.9 Å². The molecule has 1 heterocycles. The molecular weight excluding hydrogens is 442 g/mol. The quantitative estimate of drug-likeness (QED) is 0.385. The standard InChI is InChI=1S/C17H20Br2NO4/c1-11-4-3-9-20(11,17(23)24-2)15(21)10-14(19)16(22)12-5-7-13(18)8-6-12/h5-8,11,14H,3-4,9-10H2,1-2H3/q+1/t11-,14?,20?/m1/s1. The Morgan fingerprint density at radius 3 is 2.42 bits per heavy atom. The number of imide groups is 1. The Balaban J connectivity index is 2.16. The van der Waals surface area contributed by atoms with Gasteiger partial charge >= 0.3 is 12.0 Å². The SMILES string of the molecule is COC(=O)[N+]1(C(=O)CC(Br)C(=O)c2ccc(Br)cc2)CCC[C@H]1C. The van der Waals surface area contributed by atoms with E-state index in [1.807, 2.05) is 6.92 Å². The van der Waals surface area contributed by atoms with Crippen LogP contribution >= 0.6 is 31.9 Å². The number of ether oxygens (including phenoxy) is 1. The number of hydrogen-bond donors (Lipinski definition) is 0. The molecule has 2 unspecified atom stereocenters. The van der Waals surface area contributed by atoms with Crippen molar-refractivity contribution < 1.29 is 23.6 Å². The van der Waals surface area contributed by atoms with Gasteiger partial charge in [0.05, 0.1) is 24.9 Å². The second-order valence-corrected chi connectivity index (χ2v) is 8.01. The molecule has 0 spiro atoms. The molecule has 5 nitrogen and oxygen atoms in total. The summed E-state index contributed by atoms with van der Waals surface area (Å²) < 4.78 is 5.43. The minimum Gasteiger partial charge on any atom is -0.423 e. The van der Waals surface area contributed by atoms with Crippen LogP contribution in [0.4, 0.5) is 4.79 Å². The second-order valence-electron chi connectivity index (χ2n) is 5.99. The minimum atomic E-state index is -0.668. The van der Waals surface area contributed by atoms with E-state index in [1.54, 1.807) is 24.3 Å². The Morgan fingerprint density at radius 1 is 1.29 bits per heavy atom. The Hall–Kier alpha value is -1.05. The lowest BCUT2D eigenvalue weighted by Gasteiger charge is -2.31. The molecular formula is C17H20Br2NO4+. The van der Waals surface area contributed by atoms with Gasteiger partial charge in [-0.15, -0.1) is 0 Å². The first-order valence-corrected chi connectivity index (χ1v) is 9.47. The Labute approximate surface area is 158 Å². The molecule has 24 heavy (non-hydrogen) atoms. The van der Waals surface area contributed by atoms with Crippen molar-refractivity contribution in [2.45, 2.75) is 37.1 Å². The largest absolute Gasteiger partial charge is 0.523 e. The van der Waals surface area contributed by atoms with Crippen LogP contribution in [0.15, 0.2) is 28.7 Å². The summed E-state index contributed by atoms with van der Waals surface area (Å²) in [7, 11) is 1.29. The lowest BCUT2D eigenvalue weighted by molar-refractivity contribution is -0.792. The van der Waals surface area contributed by atoms with Gasteiger partial charge in [-0.3, -0.25) is 4.79 Å². The van der Waals surface area contributed by atoms with Crippen molar-refractivity contribution in [1.29, 1.82) is 0 Å². The molecule has 0 saturated carbocycles. The molecule has 0 aliphatic carbocycles. The summed E-state index contributed by atoms with van der Waals surface area (Å²) in [5.74, 6) is -0.454. The molecule has 1 aromatic rings. The molecule has 2 amide bonds. The zero-order valence-corrected chi connectivity index (χ0v) is 16.8. The van der Waals surface area contributed by atoms with E-state index in [9.17, 15) is 14.4 Å². The summed E-state index contributed by atoms with van der Waals surface area (Å²) in [6.45, 7) is 2.31. The van der Waals surface area contributed by atoms with Crippen LogP contribution in [0.5, 0.6) is 0 Å². The molecule has 1 aliphatic rings. The highest BCUT2D eigenvalue weighted by Gasteiger charge is 2.53. The number of amides is 2. The van der Waals surface area contributed by atoms with Gasteiger partial charge in [-0.05, 0) is 19.1 Å². The van der Waals surface area contributed by atoms with Crippen LogP contribution in [0.25, 0.3) is 0 Å². The van der Waals surface area contributed by atoms with Gasteiger partial charge in [0, 0.05) is 22.9 Å². The number of carbonyl (C=O) groups is 3. The lowest BCUT2D eigenvalue weighted by Crippen LogP contribution is -2.59. The number of ketones is 1. The highest BCUT2D eigenvalue weighted by molar-refractivity contribution is 9.10. The maximum atomic E-state index is 12.9. The van der Waals surface area contributed by atoms with Crippen molar-refractivity contribution >= 4 is 49.6 Å². The Morgan fingerprint density at radius 2 is 1.92 bits per heavy atom. The number of carbonyl (C=O) groups excluding carboxylic acids is 3. The van der Waals surface area contributed by atoms with Gasteiger partial charge in [-0.2, -0.15) is 9.28 Å². The second kappa shape index (κ2) is 7.89. The van der Waals surface area contributed by atoms with E-state index in [2.05, 4.69) is 31.9 Å². The third-order valence-corrected chi connectivity index (χ3v) is 5.87. The summed E-state index contributed by atoms with van der Waals surface area (Å²) >= 11 is 6.64. The van der Waals surface area contributed by atoms with Gasteiger partial charge in [0.2, 0.25) is 0 Å². The van der Waals surface area contributed by atoms with Crippen molar-refractivity contribution in [1.82, 2.24) is 0 Å².